The van der Waals surface area contributed by atoms with Crippen LogP contribution in [-0.4, -0.2) is 21.4 Å². The summed E-state index contributed by atoms with van der Waals surface area (Å²) in [5.74, 6) is 2.07. The summed E-state index contributed by atoms with van der Waals surface area (Å²) >= 11 is 0. The molecule has 0 saturated heterocycles. The smallest absolute Gasteiger partial charge is 0.229 e. The van der Waals surface area contributed by atoms with Crippen LogP contribution in [0.2, 0.25) is 0 Å². The Labute approximate surface area is 124 Å². The van der Waals surface area contributed by atoms with Gasteiger partial charge in [-0.25, -0.2) is 0 Å². The second-order valence-corrected chi connectivity index (χ2v) is 5.14. The summed E-state index contributed by atoms with van der Waals surface area (Å²) in [6.07, 6.45) is 0.258. The molecule has 0 fully saturated rings. The Hall–Kier alpha value is -2.30. The quantitative estimate of drug-likeness (QED) is 0.811. The van der Waals surface area contributed by atoms with Crippen molar-refractivity contribution in [2.24, 2.45) is 0 Å². The lowest BCUT2D eigenvalue weighted by Gasteiger charge is -2.16. The Balaban J connectivity index is 2.12. The van der Waals surface area contributed by atoms with Crippen molar-refractivity contribution in [3.05, 3.63) is 42.5 Å². The molecule has 0 amide bonds. The largest absolute Gasteiger partial charge is 0.509 e. The molecule has 1 unspecified atom stereocenters. The van der Waals surface area contributed by atoms with Crippen LogP contribution >= 0.6 is 0 Å². The summed E-state index contributed by atoms with van der Waals surface area (Å²) in [7, 11) is 0. The molecule has 5 nitrogen and oxygen atoms in total. The van der Waals surface area contributed by atoms with Crippen LogP contribution in [0.25, 0.3) is 11.4 Å². The fraction of sp³-hybridized carbons (Fsp3) is 0.375. The number of hydrogen-bond acceptors (Lipinski definition) is 5. The lowest BCUT2D eigenvalue weighted by molar-refractivity contribution is 0.173. The van der Waals surface area contributed by atoms with Crippen LogP contribution in [0.15, 0.2) is 41.1 Å². The van der Waals surface area contributed by atoms with E-state index < -0.39 is 6.10 Å². The van der Waals surface area contributed by atoms with E-state index in [1.165, 1.54) is 0 Å². The van der Waals surface area contributed by atoms with E-state index in [1.807, 2.05) is 45.0 Å². The summed E-state index contributed by atoms with van der Waals surface area (Å²) in [6.45, 7) is 9.43. The van der Waals surface area contributed by atoms with Gasteiger partial charge in [0.25, 0.3) is 0 Å². The van der Waals surface area contributed by atoms with E-state index in [1.54, 1.807) is 0 Å². The molecule has 5 heteroatoms. The molecule has 2 rings (SSSR count). The Morgan fingerprint density at radius 2 is 2.00 bits per heavy atom. The Morgan fingerprint density at radius 3 is 2.48 bits per heavy atom. The molecule has 0 saturated carbocycles. The predicted octanol–water partition coefficient (Wildman–Crippen LogP) is 4.09. The van der Waals surface area contributed by atoms with Crippen molar-refractivity contribution >= 4 is 0 Å². The van der Waals surface area contributed by atoms with Crippen LogP contribution in [0, 0.1) is 0 Å². The van der Waals surface area contributed by atoms with Crippen molar-refractivity contribution in [2.75, 3.05) is 0 Å². The van der Waals surface area contributed by atoms with E-state index in [2.05, 4.69) is 16.7 Å². The number of aromatic nitrogens is 2. The maximum Gasteiger partial charge on any atom is 0.229 e. The highest BCUT2D eigenvalue weighted by molar-refractivity contribution is 5.55. The first-order chi connectivity index (χ1) is 10.0. The van der Waals surface area contributed by atoms with Gasteiger partial charge in [-0.1, -0.05) is 32.5 Å². The van der Waals surface area contributed by atoms with Gasteiger partial charge in [-0.05, 0) is 30.7 Å². The maximum atomic E-state index is 9.41. The lowest BCUT2D eigenvalue weighted by Crippen LogP contribution is -2.17. The van der Waals surface area contributed by atoms with Gasteiger partial charge in [-0.2, -0.15) is 4.98 Å². The summed E-state index contributed by atoms with van der Waals surface area (Å²) in [4.78, 5) is 4.34. The average Bonchev–Trinajstić information content (AvgIpc) is 2.95. The van der Waals surface area contributed by atoms with Crippen LogP contribution < -0.4 is 4.74 Å². The van der Waals surface area contributed by atoms with Gasteiger partial charge in [0.15, 0.2) is 6.10 Å². The zero-order chi connectivity index (χ0) is 15.4. The molecule has 0 bridgehead atoms. The van der Waals surface area contributed by atoms with Crippen molar-refractivity contribution in [1.82, 2.24) is 10.1 Å². The van der Waals surface area contributed by atoms with Gasteiger partial charge >= 0.3 is 0 Å². The van der Waals surface area contributed by atoms with Gasteiger partial charge in [0.1, 0.15) is 11.5 Å². The minimum absolute atomic E-state index is 0.0290. The molecule has 1 atom stereocenters. The molecule has 1 aromatic heterocycles. The first-order valence-corrected chi connectivity index (χ1v) is 6.99. The SMILES string of the molecule is C=C(O)C(CC)Oc1ccc(-c2noc(C(C)C)n2)cc1. The fourth-order valence-electron chi connectivity index (χ4n) is 1.82. The van der Waals surface area contributed by atoms with Gasteiger partial charge in [0.05, 0.1) is 0 Å². The molecule has 21 heavy (non-hydrogen) atoms. The van der Waals surface area contributed by atoms with Crippen LogP contribution in [0.1, 0.15) is 39.0 Å². The lowest BCUT2D eigenvalue weighted by atomic mass is 10.2. The summed E-state index contributed by atoms with van der Waals surface area (Å²) < 4.78 is 10.8. The number of nitrogens with zero attached hydrogens (tertiary/aromatic N) is 2. The van der Waals surface area contributed by atoms with Crippen molar-refractivity contribution in [3.63, 3.8) is 0 Å². The highest BCUT2D eigenvalue weighted by Crippen LogP contribution is 2.23. The third-order valence-corrected chi connectivity index (χ3v) is 3.07. The van der Waals surface area contributed by atoms with E-state index in [9.17, 15) is 5.11 Å². The monoisotopic (exact) mass is 288 g/mol. The molecule has 1 aromatic carbocycles. The molecule has 2 aromatic rings. The predicted molar refractivity (Wildman–Crippen MR) is 80.3 cm³/mol. The highest BCUT2D eigenvalue weighted by Gasteiger charge is 2.13. The van der Waals surface area contributed by atoms with Gasteiger partial charge in [-0.15, -0.1) is 0 Å². The molecule has 1 heterocycles. The Kier molecular flexibility index (Phi) is 4.62. The normalized spacial score (nSPS) is 12.4. The Morgan fingerprint density at radius 1 is 1.33 bits per heavy atom. The van der Waals surface area contributed by atoms with E-state index in [4.69, 9.17) is 9.26 Å². The molecule has 0 radical (unpaired) electrons. The van der Waals surface area contributed by atoms with Gasteiger partial charge < -0.3 is 14.4 Å². The van der Waals surface area contributed by atoms with Crippen molar-refractivity contribution in [3.8, 4) is 17.1 Å². The summed E-state index contributed by atoms with van der Waals surface area (Å²) in [5, 5.41) is 13.4. The van der Waals surface area contributed by atoms with Crippen molar-refractivity contribution in [2.45, 2.75) is 39.2 Å². The molecule has 0 aliphatic heterocycles. The average molecular weight is 288 g/mol. The second-order valence-electron chi connectivity index (χ2n) is 5.14. The summed E-state index contributed by atoms with van der Waals surface area (Å²) in [5.41, 5.74) is 0.855. The summed E-state index contributed by atoms with van der Waals surface area (Å²) in [6, 6.07) is 7.34. The topological polar surface area (TPSA) is 68.4 Å². The van der Waals surface area contributed by atoms with E-state index in [-0.39, 0.29) is 11.7 Å². The van der Waals surface area contributed by atoms with Gasteiger partial charge in [0, 0.05) is 11.5 Å². The van der Waals surface area contributed by atoms with Crippen LogP contribution in [0.3, 0.4) is 0 Å². The molecular formula is C16H20N2O3. The van der Waals surface area contributed by atoms with Crippen LogP contribution in [0.4, 0.5) is 0 Å². The van der Waals surface area contributed by atoms with E-state index in [0.717, 1.165) is 5.56 Å². The highest BCUT2D eigenvalue weighted by atomic mass is 16.5. The number of hydrogen-bond donors (Lipinski definition) is 1. The minimum atomic E-state index is -0.395. The number of benzene rings is 1. The molecule has 1 N–H and O–H groups in total. The van der Waals surface area contributed by atoms with E-state index in [0.29, 0.717) is 23.9 Å². The molecule has 0 aliphatic rings. The van der Waals surface area contributed by atoms with Gasteiger partial charge in [-0.3, -0.25) is 0 Å². The first-order valence-electron chi connectivity index (χ1n) is 6.99. The zero-order valence-corrected chi connectivity index (χ0v) is 12.5. The Bertz CT molecular complexity index is 602. The molecule has 112 valence electrons. The number of aliphatic hydroxyl groups is 1. The second kappa shape index (κ2) is 6.43. The maximum absolute atomic E-state index is 9.41. The number of rotatable bonds is 6. The number of ether oxygens (including phenoxy) is 1. The first kappa shape index (κ1) is 15.1. The van der Waals surface area contributed by atoms with E-state index >= 15 is 0 Å². The molecule has 0 spiro atoms. The number of aliphatic hydroxyl groups excluding tert-OH is 1. The molecule has 0 aliphatic carbocycles. The fourth-order valence-corrected chi connectivity index (χ4v) is 1.82. The van der Waals surface area contributed by atoms with Crippen LogP contribution in [0.5, 0.6) is 5.75 Å². The third kappa shape index (κ3) is 3.62. The molecular weight excluding hydrogens is 268 g/mol. The van der Waals surface area contributed by atoms with Crippen LogP contribution in [-0.2, 0) is 0 Å². The van der Waals surface area contributed by atoms with Gasteiger partial charge in [0.2, 0.25) is 11.7 Å². The standard InChI is InChI=1S/C16H20N2O3/c1-5-14(11(4)19)20-13-8-6-12(7-9-13)15-17-16(10(2)3)21-18-15/h6-10,14,19H,4-5H2,1-3H3. The zero-order valence-electron chi connectivity index (χ0n) is 12.5. The van der Waals surface area contributed by atoms with Crippen molar-refractivity contribution < 1.29 is 14.4 Å². The minimum Gasteiger partial charge on any atom is -0.509 e. The van der Waals surface area contributed by atoms with Crippen molar-refractivity contribution in [1.29, 1.82) is 0 Å². The third-order valence-electron chi connectivity index (χ3n) is 3.07.